The average molecular weight is 206 g/mol. The minimum atomic E-state index is -0.180. The molecule has 0 bridgehead atoms. The molecule has 0 heterocycles. The van der Waals surface area contributed by atoms with Crippen molar-refractivity contribution in [1.29, 1.82) is 0 Å². The molecule has 0 unspecified atom stereocenters. The average Bonchev–Trinajstić information content (AvgIpc) is 2.01. The maximum Gasteiger partial charge on any atom is 0.315 e. The van der Waals surface area contributed by atoms with E-state index >= 15 is 0 Å². The van der Waals surface area contributed by atoms with Crippen molar-refractivity contribution in [2.45, 2.75) is 26.4 Å². The van der Waals surface area contributed by atoms with Gasteiger partial charge in [0.25, 0.3) is 0 Å². The summed E-state index contributed by atoms with van der Waals surface area (Å²) in [6.07, 6.45) is 0. The Morgan fingerprint density at radius 2 is 2.00 bits per heavy atom. The zero-order valence-corrected chi connectivity index (χ0v) is 9.57. The molecule has 78 valence electrons. The Labute approximate surface area is 84.2 Å². The number of carbonyl (C=O) groups is 1. The lowest BCUT2D eigenvalue weighted by atomic mass is 10.2. The molecule has 0 fully saturated rings. The third-order valence-corrected chi connectivity index (χ3v) is 2.11. The van der Waals surface area contributed by atoms with Gasteiger partial charge in [0, 0.05) is 5.75 Å². The van der Waals surface area contributed by atoms with Gasteiger partial charge in [-0.3, -0.25) is 4.79 Å². The molecule has 3 nitrogen and oxygen atoms in total. The Kier molecular flexibility index (Phi) is 6.16. The minimum Gasteiger partial charge on any atom is -0.468 e. The minimum absolute atomic E-state index is 0.0914. The van der Waals surface area contributed by atoms with Crippen molar-refractivity contribution in [3.8, 4) is 0 Å². The van der Waals surface area contributed by atoms with Crippen LogP contribution in [0.5, 0.6) is 0 Å². The number of rotatable bonds is 5. The smallest absolute Gasteiger partial charge is 0.315 e. The van der Waals surface area contributed by atoms with Crippen LogP contribution in [-0.4, -0.2) is 36.8 Å². The van der Waals surface area contributed by atoms with Crippen molar-refractivity contribution in [2.75, 3.05) is 25.2 Å². The summed E-state index contributed by atoms with van der Waals surface area (Å²) < 4.78 is 9.97. The van der Waals surface area contributed by atoms with Crippen LogP contribution in [0, 0.1) is 0 Å². The van der Waals surface area contributed by atoms with Crippen molar-refractivity contribution < 1.29 is 14.3 Å². The second-order valence-electron chi connectivity index (χ2n) is 3.59. The van der Waals surface area contributed by atoms with E-state index in [0.717, 1.165) is 5.75 Å². The maximum atomic E-state index is 10.7. The third kappa shape index (κ3) is 9.70. The molecule has 0 aliphatic heterocycles. The second-order valence-corrected chi connectivity index (χ2v) is 4.69. The van der Waals surface area contributed by atoms with E-state index in [2.05, 4.69) is 4.74 Å². The fourth-order valence-corrected chi connectivity index (χ4v) is 1.25. The molecule has 0 spiro atoms. The molecule has 13 heavy (non-hydrogen) atoms. The van der Waals surface area contributed by atoms with Gasteiger partial charge in [-0.2, -0.15) is 0 Å². The van der Waals surface area contributed by atoms with E-state index in [9.17, 15) is 4.79 Å². The van der Waals surface area contributed by atoms with E-state index in [4.69, 9.17) is 4.74 Å². The lowest BCUT2D eigenvalue weighted by Crippen LogP contribution is -2.20. The molecule has 0 radical (unpaired) electrons. The highest BCUT2D eigenvalue weighted by Gasteiger charge is 2.09. The summed E-state index contributed by atoms with van der Waals surface area (Å²) in [6.45, 7) is 6.71. The molecule has 0 rings (SSSR count). The fraction of sp³-hybridized carbons (Fsp3) is 0.889. The van der Waals surface area contributed by atoms with Crippen molar-refractivity contribution in [1.82, 2.24) is 0 Å². The summed E-state index contributed by atoms with van der Waals surface area (Å²) >= 11 is 1.53. The monoisotopic (exact) mass is 206 g/mol. The molecule has 4 heteroatoms. The van der Waals surface area contributed by atoms with Crippen LogP contribution < -0.4 is 0 Å². The maximum absolute atomic E-state index is 10.7. The molecule has 0 N–H and O–H groups in total. The third-order valence-electron chi connectivity index (χ3n) is 1.21. The highest BCUT2D eigenvalue weighted by Crippen LogP contribution is 2.08. The van der Waals surface area contributed by atoms with Crippen LogP contribution >= 0.6 is 11.8 Å². The molecule has 0 saturated heterocycles. The second kappa shape index (κ2) is 6.27. The topological polar surface area (TPSA) is 35.5 Å². The fourth-order valence-electron chi connectivity index (χ4n) is 0.621. The molecule has 0 atom stereocenters. The quantitative estimate of drug-likeness (QED) is 0.507. The zero-order valence-electron chi connectivity index (χ0n) is 8.75. The van der Waals surface area contributed by atoms with Gasteiger partial charge in [0.05, 0.1) is 25.1 Å². The first-order valence-corrected chi connectivity index (χ1v) is 5.39. The molecule has 0 amide bonds. The molecule has 0 aromatic rings. The Balaban J connectivity index is 3.22. The van der Waals surface area contributed by atoms with Gasteiger partial charge in [-0.15, -0.1) is 11.8 Å². The first kappa shape index (κ1) is 12.8. The highest BCUT2D eigenvalue weighted by molar-refractivity contribution is 7.99. The zero-order chi connectivity index (χ0) is 10.3. The summed E-state index contributed by atoms with van der Waals surface area (Å²) in [4.78, 5) is 10.7. The molecular weight excluding hydrogens is 188 g/mol. The first-order valence-electron chi connectivity index (χ1n) is 4.24. The summed E-state index contributed by atoms with van der Waals surface area (Å²) in [7, 11) is 1.40. The summed E-state index contributed by atoms with van der Waals surface area (Å²) in [5, 5.41) is 0. The largest absolute Gasteiger partial charge is 0.468 e. The van der Waals surface area contributed by atoms with Crippen LogP contribution in [-0.2, 0) is 14.3 Å². The highest BCUT2D eigenvalue weighted by atomic mass is 32.2. The van der Waals surface area contributed by atoms with Crippen LogP contribution in [0.25, 0.3) is 0 Å². The number of thioether (sulfide) groups is 1. The normalized spacial score (nSPS) is 11.4. The number of methoxy groups -OCH3 is 1. The predicted octanol–water partition coefficient (Wildman–Crippen LogP) is 1.71. The van der Waals surface area contributed by atoms with E-state index in [-0.39, 0.29) is 11.6 Å². The van der Waals surface area contributed by atoms with Crippen LogP contribution in [0.4, 0.5) is 0 Å². The van der Waals surface area contributed by atoms with E-state index in [1.54, 1.807) is 0 Å². The molecular formula is C9H18O3S. The predicted molar refractivity (Wildman–Crippen MR) is 55.0 cm³/mol. The van der Waals surface area contributed by atoms with Gasteiger partial charge >= 0.3 is 5.97 Å². The van der Waals surface area contributed by atoms with Crippen molar-refractivity contribution in [2.24, 2.45) is 0 Å². The van der Waals surface area contributed by atoms with Crippen LogP contribution in [0.1, 0.15) is 20.8 Å². The van der Waals surface area contributed by atoms with Gasteiger partial charge in [-0.05, 0) is 20.8 Å². The van der Waals surface area contributed by atoms with Crippen LogP contribution in [0.15, 0.2) is 0 Å². The van der Waals surface area contributed by atoms with Gasteiger partial charge < -0.3 is 9.47 Å². The lowest BCUT2D eigenvalue weighted by molar-refractivity contribution is -0.137. The number of hydrogen-bond donors (Lipinski definition) is 0. The van der Waals surface area contributed by atoms with Gasteiger partial charge in [0.1, 0.15) is 0 Å². The Morgan fingerprint density at radius 3 is 2.46 bits per heavy atom. The van der Waals surface area contributed by atoms with Crippen LogP contribution in [0.2, 0.25) is 0 Å². The van der Waals surface area contributed by atoms with Crippen molar-refractivity contribution in [3.63, 3.8) is 0 Å². The van der Waals surface area contributed by atoms with Gasteiger partial charge in [-0.1, -0.05) is 0 Å². The van der Waals surface area contributed by atoms with Crippen LogP contribution in [0.3, 0.4) is 0 Å². The number of esters is 1. The van der Waals surface area contributed by atoms with E-state index in [0.29, 0.717) is 12.4 Å². The first-order chi connectivity index (χ1) is 5.95. The van der Waals surface area contributed by atoms with E-state index in [1.807, 2.05) is 20.8 Å². The van der Waals surface area contributed by atoms with Crippen molar-refractivity contribution in [3.05, 3.63) is 0 Å². The van der Waals surface area contributed by atoms with Crippen molar-refractivity contribution >= 4 is 17.7 Å². The van der Waals surface area contributed by atoms with E-state index < -0.39 is 0 Å². The van der Waals surface area contributed by atoms with Gasteiger partial charge in [0.2, 0.25) is 0 Å². The molecule has 0 aromatic carbocycles. The summed E-state index contributed by atoms with van der Waals surface area (Å²) in [6, 6.07) is 0. The molecule has 0 aliphatic rings. The summed E-state index contributed by atoms with van der Waals surface area (Å²) in [5.74, 6) is 1.05. The molecule has 0 aliphatic carbocycles. The number of carbonyl (C=O) groups excluding carboxylic acids is 1. The number of ether oxygens (including phenoxy) is 2. The Hall–Kier alpha value is -0.220. The standard InChI is InChI=1S/C9H18O3S/c1-9(2,3)12-5-6-13-7-8(10)11-4/h5-7H2,1-4H3. The van der Waals surface area contributed by atoms with Gasteiger partial charge in [0.15, 0.2) is 0 Å². The van der Waals surface area contributed by atoms with E-state index in [1.165, 1.54) is 18.9 Å². The number of hydrogen-bond acceptors (Lipinski definition) is 4. The SMILES string of the molecule is COC(=O)CSCCOC(C)(C)C. The molecule has 0 aromatic heterocycles. The lowest BCUT2D eigenvalue weighted by Gasteiger charge is -2.18. The Bertz CT molecular complexity index is 151. The summed E-state index contributed by atoms with van der Waals surface area (Å²) in [5.41, 5.74) is -0.0914. The molecule has 0 saturated carbocycles. The Morgan fingerprint density at radius 1 is 1.38 bits per heavy atom. The van der Waals surface area contributed by atoms with Gasteiger partial charge in [-0.25, -0.2) is 0 Å².